The zero-order chi connectivity index (χ0) is 23.4. The molecule has 2 aromatic carbocycles. The average molecular weight is 448 g/mol. The van der Waals surface area contributed by atoms with Crippen LogP contribution in [-0.2, 0) is 15.6 Å². The van der Waals surface area contributed by atoms with Gasteiger partial charge in [0.15, 0.2) is 17.2 Å². The van der Waals surface area contributed by atoms with Crippen molar-refractivity contribution in [2.45, 2.75) is 51.0 Å². The second-order valence-corrected chi connectivity index (χ2v) is 10.5. The minimum atomic E-state index is -0.585. The number of piperazine rings is 1. The third-order valence-corrected chi connectivity index (χ3v) is 7.64. The first kappa shape index (κ1) is 22.1. The number of nitrogens with zero attached hydrogens (tertiary/aromatic N) is 3. The number of fused-ring (bicyclic) bond motifs is 2. The van der Waals surface area contributed by atoms with Crippen molar-refractivity contribution in [1.82, 2.24) is 10.1 Å². The molecule has 1 aromatic heterocycles. The summed E-state index contributed by atoms with van der Waals surface area (Å²) in [6.07, 6.45) is 0.0621. The predicted molar refractivity (Wildman–Crippen MR) is 130 cm³/mol. The molecule has 3 aromatic rings. The molecule has 2 aliphatic rings. The SMILES string of the molecule is CC1(C)C(=O)C(C)(C)c2c(C(O)CCN3CCN(c4noc5ccccc45)CC3)cccc21. The molecule has 1 saturated heterocycles. The molecule has 1 unspecified atom stereocenters. The van der Waals surface area contributed by atoms with Crippen LogP contribution in [0.1, 0.15) is 56.9 Å². The maximum absolute atomic E-state index is 13.1. The molecule has 0 amide bonds. The molecule has 0 radical (unpaired) electrons. The zero-order valence-corrected chi connectivity index (χ0v) is 20.0. The molecule has 1 aliphatic heterocycles. The maximum atomic E-state index is 13.1. The number of ketones is 1. The van der Waals surface area contributed by atoms with Gasteiger partial charge in [-0.05, 0) is 62.9 Å². The molecule has 5 rings (SSSR count). The molecule has 0 bridgehead atoms. The van der Waals surface area contributed by atoms with Crippen LogP contribution >= 0.6 is 0 Å². The number of anilines is 1. The van der Waals surface area contributed by atoms with Crippen LogP contribution in [0.3, 0.4) is 0 Å². The van der Waals surface area contributed by atoms with E-state index in [4.69, 9.17) is 4.52 Å². The molecule has 2 heterocycles. The van der Waals surface area contributed by atoms with E-state index in [9.17, 15) is 9.90 Å². The van der Waals surface area contributed by atoms with Gasteiger partial charge in [0.2, 0.25) is 0 Å². The molecule has 1 aliphatic carbocycles. The summed E-state index contributed by atoms with van der Waals surface area (Å²) in [7, 11) is 0. The van der Waals surface area contributed by atoms with Crippen LogP contribution in [0, 0.1) is 0 Å². The predicted octanol–water partition coefficient (Wildman–Crippen LogP) is 4.21. The Bertz CT molecular complexity index is 1190. The largest absolute Gasteiger partial charge is 0.388 e. The van der Waals surface area contributed by atoms with Crippen LogP contribution in [0.5, 0.6) is 0 Å². The van der Waals surface area contributed by atoms with Crippen LogP contribution in [0.2, 0.25) is 0 Å². The van der Waals surface area contributed by atoms with Crippen LogP contribution in [0.15, 0.2) is 47.0 Å². The summed E-state index contributed by atoms with van der Waals surface area (Å²) in [5.74, 6) is 1.14. The third kappa shape index (κ3) is 3.56. The van der Waals surface area contributed by atoms with Crippen LogP contribution in [0.25, 0.3) is 11.0 Å². The molecule has 1 N–H and O–H groups in total. The smallest absolute Gasteiger partial charge is 0.180 e. The Kier molecular flexibility index (Phi) is 5.33. The van der Waals surface area contributed by atoms with Crippen molar-refractivity contribution < 1.29 is 14.4 Å². The van der Waals surface area contributed by atoms with Crippen molar-refractivity contribution in [1.29, 1.82) is 0 Å². The van der Waals surface area contributed by atoms with Gasteiger partial charge >= 0.3 is 0 Å². The lowest BCUT2D eigenvalue weighted by Crippen LogP contribution is -2.47. The van der Waals surface area contributed by atoms with Crippen molar-refractivity contribution in [3.05, 3.63) is 59.2 Å². The molecule has 0 saturated carbocycles. The summed E-state index contributed by atoms with van der Waals surface area (Å²) in [5.41, 5.74) is 2.71. The van der Waals surface area contributed by atoms with Gasteiger partial charge in [-0.1, -0.05) is 35.5 Å². The Hall–Kier alpha value is -2.70. The van der Waals surface area contributed by atoms with Crippen LogP contribution in [0.4, 0.5) is 5.82 Å². The standard InChI is InChI=1S/C27H33N3O3/c1-26(2)20-10-7-9-18(23(20)27(3,4)25(26)32)21(31)12-13-29-14-16-30(17-15-29)24-19-8-5-6-11-22(19)33-28-24/h5-11,21,31H,12-17H2,1-4H3. The highest BCUT2D eigenvalue weighted by atomic mass is 16.5. The number of rotatable bonds is 5. The first-order valence-corrected chi connectivity index (χ1v) is 11.9. The van der Waals surface area contributed by atoms with E-state index < -0.39 is 16.9 Å². The quantitative estimate of drug-likeness (QED) is 0.632. The number of benzene rings is 2. The molecule has 33 heavy (non-hydrogen) atoms. The lowest BCUT2D eigenvalue weighted by Gasteiger charge is -2.35. The fourth-order valence-corrected chi connectivity index (χ4v) is 5.83. The van der Waals surface area contributed by atoms with E-state index in [1.807, 2.05) is 64.1 Å². The topological polar surface area (TPSA) is 69.8 Å². The Labute approximate surface area is 195 Å². The Morgan fingerprint density at radius 2 is 1.73 bits per heavy atom. The van der Waals surface area contributed by atoms with Gasteiger partial charge < -0.3 is 14.5 Å². The summed E-state index contributed by atoms with van der Waals surface area (Å²) in [5, 5.41) is 16.5. The van der Waals surface area contributed by atoms with E-state index >= 15 is 0 Å². The van der Waals surface area contributed by atoms with Crippen molar-refractivity contribution in [2.75, 3.05) is 37.6 Å². The van der Waals surface area contributed by atoms with E-state index in [2.05, 4.69) is 21.0 Å². The van der Waals surface area contributed by atoms with E-state index in [1.54, 1.807) is 0 Å². The molecule has 1 atom stereocenters. The van der Waals surface area contributed by atoms with Gasteiger partial charge in [-0.15, -0.1) is 0 Å². The van der Waals surface area contributed by atoms with Gasteiger partial charge in [-0.3, -0.25) is 9.69 Å². The number of hydrogen-bond donors (Lipinski definition) is 1. The van der Waals surface area contributed by atoms with Crippen LogP contribution < -0.4 is 4.90 Å². The van der Waals surface area contributed by atoms with Gasteiger partial charge in [0.1, 0.15) is 0 Å². The summed E-state index contributed by atoms with van der Waals surface area (Å²) in [6, 6.07) is 14.0. The highest BCUT2D eigenvalue weighted by molar-refractivity contribution is 6.03. The van der Waals surface area contributed by atoms with Gasteiger partial charge in [0.25, 0.3) is 0 Å². The van der Waals surface area contributed by atoms with Crippen LogP contribution in [-0.4, -0.2) is 53.7 Å². The second kappa shape index (κ2) is 7.96. The molecular weight excluding hydrogens is 414 g/mol. The molecule has 6 nitrogen and oxygen atoms in total. The highest BCUT2D eigenvalue weighted by Gasteiger charge is 2.51. The van der Waals surface area contributed by atoms with E-state index in [-0.39, 0.29) is 5.78 Å². The Balaban J connectivity index is 1.24. The summed E-state index contributed by atoms with van der Waals surface area (Å²) in [6.45, 7) is 12.4. The summed E-state index contributed by atoms with van der Waals surface area (Å²) < 4.78 is 5.47. The van der Waals surface area contributed by atoms with Gasteiger partial charge in [-0.2, -0.15) is 0 Å². The Morgan fingerprint density at radius 1 is 1.00 bits per heavy atom. The molecule has 1 fully saturated rings. The lowest BCUT2D eigenvalue weighted by atomic mass is 9.79. The number of para-hydroxylation sites is 1. The molecule has 174 valence electrons. The van der Waals surface area contributed by atoms with Gasteiger partial charge in [0, 0.05) is 43.6 Å². The summed E-state index contributed by atoms with van der Waals surface area (Å²) in [4.78, 5) is 17.8. The number of aliphatic hydroxyl groups excluding tert-OH is 1. The molecule has 6 heteroatoms. The number of carbonyl (C=O) groups excluding carboxylic acids is 1. The fourth-order valence-electron chi connectivity index (χ4n) is 5.83. The fraction of sp³-hybridized carbons (Fsp3) is 0.481. The Morgan fingerprint density at radius 3 is 2.48 bits per heavy atom. The van der Waals surface area contributed by atoms with Crippen molar-refractivity contribution in [2.24, 2.45) is 0 Å². The molecular formula is C27H33N3O3. The lowest BCUT2D eigenvalue weighted by molar-refractivity contribution is -0.126. The normalized spacial score (nSPS) is 20.9. The number of carbonyl (C=O) groups is 1. The number of Topliss-reactive ketones (excluding diaryl/α,β-unsaturated/α-hetero) is 1. The van der Waals surface area contributed by atoms with Crippen molar-refractivity contribution in [3.8, 4) is 0 Å². The number of aromatic nitrogens is 1. The second-order valence-electron chi connectivity index (χ2n) is 10.5. The number of hydrogen-bond acceptors (Lipinski definition) is 6. The first-order chi connectivity index (χ1) is 15.7. The maximum Gasteiger partial charge on any atom is 0.180 e. The first-order valence-electron chi connectivity index (χ1n) is 11.9. The monoisotopic (exact) mass is 447 g/mol. The minimum Gasteiger partial charge on any atom is -0.388 e. The average Bonchev–Trinajstić information content (AvgIpc) is 3.31. The van der Waals surface area contributed by atoms with Crippen molar-refractivity contribution in [3.63, 3.8) is 0 Å². The highest BCUT2D eigenvalue weighted by Crippen LogP contribution is 2.49. The number of aliphatic hydroxyl groups is 1. The molecule has 0 spiro atoms. The zero-order valence-electron chi connectivity index (χ0n) is 20.0. The summed E-state index contributed by atoms with van der Waals surface area (Å²) >= 11 is 0. The third-order valence-electron chi connectivity index (χ3n) is 7.64. The minimum absolute atomic E-state index is 0.223. The van der Waals surface area contributed by atoms with Gasteiger partial charge in [0.05, 0.1) is 11.5 Å². The van der Waals surface area contributed by atoms with E-state index in [1.165, 1.54) is 0 Å². The van der Waals surface area contributed by atoms with Gasteiger partial charge in [-0.25, -0.2) is 0 Å². The van der Waals surface area contributed by atoms with Crippen molar-refractivity contribution >= 4 is 22.6 Å². The van der Waals surface area contributed by atoms with E-state index in [0.29, 0.717) is 6.42 Å². The van der Waals surface area contributed by atoms with E-state index in [0.717, 1.165) is 66.2 Å².